The van der Waals surface area contributed by atoms with Crippen LogP contribution < -0.4 is 14.4 Å². The average Bonchev–Trinajstić information content (AvgIpc) is 2.98. The molecule has 0 fully saturated rings. The number of amides is 2. The van der Waals surface area contributed by atoms with Crippen LogP contribution in [-0.4, -0.2) is 51.4 Å². The molecule has 3 aromatic carbocycles. The molecule has 3 aromatic rings. The second kappa shape index (κ2) is 14.6. The molecule has 0 spiro atoms. The van der Waals surface area contributed by atoms with Gasteiger partial charge in [-0.05, 0) is 61.4 Å². The summed E-state index contributed by atoms with van der Waals surface area (Å²) in [5.74, 6) is -0.738. The Labute approximate surface area is 254 Å². The van der Waals surface area contributed by atoms with Gasteiger partial charge in [0.15, 0.2) is 0 Å². The third kappa shape index (κ3) is 8.64. The van der Waals surface area contributed by atoms with E-state index >= 15 is 0 Å². The zero-order chi connectivity index (χ0) is 31.8. The summed E-state index contributed by atoms with van der Waals surface area (Å²) in [5, 5.41) is 2.45. The van der Waals surface area contributed by atoms with Crippen LogP contribution in [0, 0.1) is 0 Å². The van der Waals surface area contributed by atoms with Gasteiger partial charge < -0.3 is 15.0 Å². The molecule has 8 nitrogen and oxygen atoms in total. The summed E-state index contributed by atoms with van der Waals surface area (Å²) in [6.07, 6.45) is -3.27. The van der Waals surface area contributed by atoms with E-state index < -0.39 is 51.9 Å². The highest BCUT2D eigenvalue weighted by Gasteiger charge is 2.36. The number of ether oxygens (including phenoxy) is 1. The van der Waals surface area contributed by atoms with E-state index in [9.17, 15) is 31.2 Å². The second-order valence-corrected chi connectivity index (χ2v) is 11.9. The molecule has 1 atom stereocenters. The smallest absolute Gasteiger partial charge is 0.416 e. The van der Waals surface area contributed by atoms with Crippen LogP contribution >= 0.6 is 11.6 Å². The van der Waals surface area contributed by atoms with E-state index in [2.05, 4.69) is 5.32 Å². The van der Waals surface area contributed by atoms with Gasteiger partial charge >= 0.3 is 6.18 Å². The van der Waals surface area contributed by atoms with E-state index in [1.807, 2.05) is 6.92 Å². The van der Waals surface area contributed by atoms with Crippen molar-refractivity contribution in [3.63, 3.8) is 0 Å². The summed E-state index contributed by atoms with van der Waals surface area (Å²) in [5.41, 5.74) is -1.07. The van der Waals surface area contributed by atoms with Crippen LogP contribution in [-0.2, 0) is 32.3 Å². The van der Waals surface area contributed by atoms with Gasteiger partial charge in [0, 0.05) is 13.1 Å². The molecule has 3 rings (SSSR count). The number of carbonyl (C=O) groups excluding carboxylic acids is 2. The minimum absolute atomic E-state index is 0.0965. The number of hydrogen-bond acceptors (Lipinski definition) is 5. The van der Waals surface area contributed by atoms with E-state index in [1.54, 1.807) is 30.3 Å². The number of unbranched alkanes of at least 4 members (excludes halogenated alkanes) is 1. The topological polar surface area (TPSA) is 96.0 Å². The van der Waals surface area contributed by atoms with Crippen LogP contribution in [0.1, 0.15) is 37.8 Å². The summed E-state index contributed by atoms with van der Waals surface area (Å²) in [6, 6.07) is 14.9. The van der Waals surface area contributed by atoms with Crippen LogP contribution in [0.15, 0.2) is 77.7 Å². The molecule has 2 amide bonds. The van der Waals surface area contributed by atoms with Crippen molar-refractivity contribution in [2.24, 2.45) is 0 Å². The Bertz CT molecular complexity index is 1500. The predicted octanol–water partition coefficient (Wildman–Crippen LogP) is 5.90. The van der Waals surface area contributed by atoms with Crippen LogP contribution in [0.3, 0.4) is 0 Å². The SMILES string of the molecule is CCCCNC(=O)[C@@H](C)N(Cc1ccc(OC)cc1)C(=O)CN(c1cc(C(F)(F)F)ccc1Cl)S(=O)(=O)c1ccccc1. The van der Waals surface area contributed by atoms with E-state index in [-0.39, 0.29) is 16.5 Å². The number of alkyl halides is 3. The quantitative estimate of drug-likeness (QED) is 0.235. The molecule has 232 valence electrons. The van der Waals surface area contributed by atoms with Crippen LogP contribution in [0.2, 0.25) is 5.02 Å². The number of sulfonamides is 1. The minimum Gasteiger partial charge on any atom is -0.497 e. The van der Waals surface area contributed by atoms with Crippen molar-refractivity contribution in [1.29, 1.82) is 0 Å². The molecule has 0 saturated carbocycles. The molecule has 0 bridgehead atoms. The predicted molar refractivity (Wildman–Crippen MR) is 158 cm³/mol. The molecular formula is C30H33ClF3N3O5S. The Balaban J connectivity index is 2.09. The number of hydrogen-bond donors (Lipinski definition) is 1. The standard InChI is InChI=1S/C30H33ClF3N3O5S/c1-4-5-17-35-29(39)21(2)36(19-22-11-14-24(42-3)15-12-22)28(38)20-37(43(40,41)25-9-7-6-8-10-25)27-18-23(30(32,33)34)13-16-26(27)31/h6-16,18,21H,4-5,17,19-20H2,1-3H3,(H,35,39)/t21-/m1/s1. The van der Waals surface area contributed by atoms with Gasteiger partial charge in [0.05, 0.1) is 28.3 Å². The summed E-state index contributed by atoms with van der Waals surface area (Å²) >= 11 is 6.27. The van der Waals surface area contributed by atoms with Gasteiger partial charge in [-0.25, -0.2) is 8.42 Å². The van der Waals surface area contributed by atoms with Crippen molar-refractivity contribution in [3.05, 3.63) is 88.9 Å². The number of benzene rings is 3. The molecule has 0 aliphatic carbocycles. The average molecular weight is 640 g/mol. The van der Waals surface area contributed by atoms with Gasteiger partial charge in [0.1, 0.15) is 18.3 Å². The lowest BCUT2D eigenvalue weighted by atomic mass is 10.1. The van der Waals surface area contributed by atoms with Crippen molar-refractivity contribution in [3.8, 4) is 5.75 Å². The first-order valence-electron chi connectivity index (χ1n) is 13.4. The highest BCUT2D eigenvalue weighted by atomic mass is 35.5. The van der Waals surface area contributed by atoms with E-state index in [4.69, 9.17) is 16.3 Å². The number of halogens is 4. The highest BCUT2D eigenvalue weighted by molar-refractivity contribution is 7.92. The van der Waals surface area contributed by atoms with Crippen molar-refractivity contribution in [1.82, 2.24) is 10.2 Å². The highest BCUT2D eigenvalue weighted by Crippen LogP contribution is 2.37. The molecule has 0 saturated heterocycles. The molecule has 0 unspecified atom stereocenters. The van der Waals surface area contributed by atoms with Gasteiger partial charge in [-0.1, -0.05) is 55.3 Å². The fraction of sp³-hybridized carbons (Fsp3) is 0.333. The van der Waals surface area contributed by atoms with Crippen molar-refractivity contribution in [2.75, 3.05) is 24.5 Å². The monoisotopic (exact) mass is 639 g/mol. The van der Waals surface area contributed by atoms with Gasteiger partial charge in [0.2, 0.25) is 11.8 Å². The fourth-order valence-electron chi connectivity index (χ4n) is 4.16. The van der Waals surface area contributed by atoms with Gasteiger partial charge in [0.25, 0.3) is 10.0 Å². The maximum atomic E-state index is 14.0. The summed E-state index contributed by atoms with van der Waals surface area (Å²) in [4.78, 5) is 27.9. The molecule has 0 aromatic heterocycles. The first-order valence-corrected chi connectivity index (χ1v) is 15.3. The fourth-order valence-corrected chi connectivity index (χ4v) is 5.88. The first-order chi connectivity index (χ1) is 20.3. The van der Waals surface area contributed by atoms with Gasteiger partial charge in [-0.3, -0.25) is 13.9 Å². The molecule has 0 heterocycles. The molecule has 1 N–H and O–H groups in total. The second-order valence-electron chi connectivity index (χ2n) is 9.68. The van der Waals surface area contributed by atoms with E-state index in [0.717, 1.165) is 18.6 Å². The summed E-state index contributed by atoms with van der Waals surface area (Å²) in [6.45, 7) is 2.80. The third-order valence-corrected chi connectivity index (χ3v) is 8.75. The Morgan fingerprint density at radius 2 is 1.67 bits per heavy atom. The summed E-state index contributed by atoms with van der Waals surface area (Å²) < 4.78 is 74.3. The van der Waals surface area contributed by atoms with Crippen LogP contribution in [0.5, 0.6) is 5.75 Å². The largest absolute Gasteiger partial charge is 0.497 e. The molecule has 0 radical (unpaired) electrons. The number of nitrogens with one attached hydrogen (secondary N) is 1. The summed E-state index contributed by atoms with van der Waals surface area (Å²) in [7, 11) is -3.10. The molecule has 0 aliphatic rings. The van der Waals surface area contributed by atoms with Crippen LogP contribution in [0.4, 0.5) is 18.9 Å². The Hall–Kier alpha value is -3.77. The number of rotatable bonds is 13. The Morgan fingerprint density at radius 3 is 2.26 bits per heavy atom. The Kier molecular flexibility index (Phi) is 11.5. The zero-order valence-corrected chi connectivity index (χ0v) is 25.5. The van der Waals surface area contributed by atoms with Crippen molar-refractivity contribution < 1.29 is 35.9 Å². The number of nitrogens with zero attached hydrogens (tertiary/aromatic N) is 2. The number of methoxy groups -OCH3 is 1. The van der Waals surface area contributed by atoms with Gasteiger partial charge in [-0.2, -0.15) is 13.2 Å². The normalized spacial score (nSPS) is 12.3. The molecular weight excluding hydrogens is 607 g/mol. The minimum atomic E-state index is -4.81. The van der Waals surface area contributed by atoms with Crippen molar-refractivity contribution >= 4 is 39.1 Å². The lowest BCUT2D eigenvalue weighted by Gasteiger charge is -2.32. The third-order valence-electron chi connectivity index (χ3n) is 6.66. The lowest BCUT2D eigenvalue weighted by Crippen LogP contribution is -2.51. The number of carbonyl (C=O) groups is 2. The first kappa shape index (κ1) is 33.7. The molecule has 0 aliphatic heterocycles. The van der Waals surface area contributed by atoms with Crippen molar-refractivity contribution in [2.45, 2.75) is 50.3 Å². The van der Waals surface area contributed by atoms with Gasteiger partial charge in [-0.15, -0.1) is 0 Å². The Morgan fingerprint density at radius 1 is 1.02 bits per heavy atom. The van der Waals surface area contributed by atoms with E-state index in [1.165, 1.54) is 43.2 Å². The van der Waals surface area contributed by atoms with E-state index in [0.29, 0.717) is 34.7 Å². The maximum absolute atomic E-state index is 14.0. The molecule has 43 heavy (non-hydrogen) atoms. The maximum Gasteiger partial charge on any atom is 0.416 e. The lowest BCUT2D eigenvalue weighted by molar-refractivity contribution is -0.139. The molecule has 13 heteroatoms. The zero-order valence-electron chi connectivity index (χ0n) is 23.9. The number of anilines is 1. The van der Waals surface area contributed by atoms with Crippen LogP contribution in [0.25, 0.3) is 0 Å².